The molecule has 0 radical (unpaired) electrons. The van der Waals surface area contributed by atoms with Crippen LogP contribution in [0.1, 0.15) is 24.5 Å². The van der Waals surface area contributed by atoms with Crippen LogP contribution in [0.4, 0.5) is 16.2 Å². The number of carbonyl (C=O) groups is 3. The summed E-state index contributed by atoms with van der Waals surface area (Å²) in [5.74, 6) is -2.04. The number of carbonyl (C=O) groups excluding carboxylic acids is 3. The Morgan fingerprint density at radius 1 is 1.02 bits per heavy atom. The molecule has 2 heterocycles. The number of nitrogens with zero attached hydrogens (tertiary/aromatic N) is 3. The average Bonchev–Trinajstić information content (AvgIpc) is 3.28. The second-order valence-corrected chi connectivity index (χ2v) is 11.5. The number of esters is 1. The Morgan fingerprint density at radius 2 is 1.56 bits per heavy atom. The lowest BCUT2D eigenvalue weighted by atomic mass is 9.83. The Balaban J connectivity index is 1.32. The van der Waals surface area contributed by atoms with E-state index in [1.165, 1.54) is 60.4 Å². The molecule has 2 N–H and O–H groups in total. The highest BCUT2D eigenvalue weighted by Gasteiger charge is 2.56. The second kappa shape index (κ2) is 13.5. The SMILES string of the molecule is C[C@@H](O)[C@H]1C(=O)N2C(C(=O)OCc3ccc([N+](=O)[O-])cc3)=C(CS(=O)CCNC(=O)OCc3ccc([N+](=O)[O-])cc3)C[C@H]12. The number of nitro groups is 2. The Bertz CT molecular complexity index is 1470. The summed E-state index contributed by atoms with van der Waals surface area (Å²) < 4.78 is 23.3. The van der Waals surface area contributed by atoms with Crippen LogP contribution in [0.15, 0.2) is 59.8 Å². The van der Waals surface area contributed by atoms with Crippen molar-refractivity contribution in [3.05, 3.63) is 91.2 Å². The fourth-order valence-electron chi connectivity index (χ4n) is 4.86. The number of nitrogens with one attached hydrogen (secondary N) is 1. The number of alkyl carbamates (subject to hydrolysis) is 1. The molecule has 0 spiro atoms. The normalized spacial score (nSPS) is 18.7. The zero-order chi connectivity index (χ0) is 31.3. The van der Waals surface area contributed by atoms with Gasteiger partial charge in [0.05, 0.1) is 27.9 Å². The molecular formula is C27H28N4O11S. The number of aliphatic hydroxyl groups excluding tert-OH is 1. The second-order valence-electron chi connectivity index (χ2n) is 9.91. The van der Waals surface area contributed by atoms with Gasteiger partial charge in [0.15, 0.2) is 0 Å². The highest BCUT2D eigenvalue weighted by atomic mass is 32.2. The average molecular weight is 617 g/mol. The molecule has 2 aromatic rings. The van der Waals surface area contributed by atoms with E-state index in [-0.39, 0.29) is 54.8 Å². The van der Waals surface area contributed by atoms with Gasteiger partial charge in [-0.05, 0) is 54.3 Å². The molecule has 0 aliphatic carbocycles. The van der Waals surface area contributed by atoms with Crippen LogP contribution < -0.4 is 5.32 Å². The van der Waals surface area contributed by atoms with E-state index in [1.54, 1.807) is 0 Å². The molecule has 2 amide bonds. The van der Waals surface area contributed by atoms with E-state index in [0.717, 1.165) is 0 Å². The Kier molecular flexibility index (Phi) is 9.82. The van der Waals surface area contributed by atoms with Crippen molar-refractivity contribution in [1.29, 1.82) is 0 Å². The number of hydrogen-bond donors (Lipinski definition) is 2. The van der Waals surface area contributed by atoms with E-state index in [2.05, 4.69) is 5.32 Å². The maximum atomic E-state index is 13.1. The Morgan fingerprint density at radius 3 is 2.07 bits per heavy atom. The third kappa shape index (κ3) is 7.39. The first-order chi connectivity index (χ1) is 20.5. The predicted molar refractivity (Wildman–Crippen MR) is 150 cm³/mol. The van der Waals surface area contributed by atoms with Gasteiger partial charge >= 0.3 is 12.1 Å². The lowest BCUT2D eigenvalue weighted by Gasteiger charge is -2.44. The summed E-state index contributed by atoms with van der Waals surface area (Å²) >= 11 is 0. The summed E-state index contributed by atoms with van der Waals surface area (Å²) in [7, 11) is -1.56. The van der Waals surface area contributed by atoms with E-state index in [1.807, 2.05) is 0 Å². The predicted octanol–water partition coefficient (Wildman–Crippen LogP) is 2.09. The molecule has 1 fully saturated rings. The lowest BCUT2D eigenvalue weighted by Crippen LogP contribution is -2.61. The topological polar surface area (TPSA) is 209 Å². The number of aliphatic hydroxyl groups is 1. The molecule has 0 aromatic heterocycles. The number of nitro benzene ring substituents is 2. The number of hydrogen-bond acceptors (Lipinski definition) is 11. The molecule has 2 aliphatic heterocycles. The molecule has 15 nitrogen and oxygen atoms in total. The van der Waals surface area contributed by atoms with E-state index in [0.29, 0.717) is 16.7 Å². The van der Waals surface area contributed by atoms with Crippen LogP contribution in [0.3, 0.4) is 0 Å². The van der Waals surface area contributed by atoms with Gasteiger partial charge in [-0.2, -0.15) is 0 Å². The summed E-state index contributed by atoms with van der Waals surface area (Å²) in [5.41, 5.74) is 1.21. The number of benzene rings is 2. The van der Waals surface area contributed by atoms with Gasteiger partial charge in [-0.15, -0.1) is 0 Å². The van der Waals surface area contributed by atoms with Gasteiger partial charge in [0.25, 0.3) is 11.4 Å². The van der Waals surface area contributed by atoms with E-state index in [4.69, 9.17) is 9.47 Å². The maximum absolute atomic E-state index is 13.1. The van der Waals surface area contributed by atoms with Gasteiger partial charge in [-0.25, -0.2) is 9.59 Å². The number of ether oxygens (including phenoxy) is 2. The van der Waals surface area contributed by atoms with Gasteiger partial charge in [-0.1, -0.05) is 0 Å². The monoisotopic (exact) mass is 616 g/mol. The highest BCUT2D eigenvalue weighted by Crippen LogP contribution is 2.44. The molecule has 228 valence electrons. The van der Waals surface area contributed by atoms with Crippen molar-refractivity contribution in [3.8, 4) is 0 Å². The number of amides is 2. The minimum atomic E-state index is -1.56. The van der Waals surface area contributed by atoms with Crippen molar-refractivity contribution < 1.29 is 43.0 Å². The molecule has 1 unspecified atom stereocenters. The molecule has 4 rings (SSSR count). The first-order valence-corrected chi connectivity index (χ1v) is 14.6. The molecule has 0 bridgehead atoms. The third-order valence-corrected chi connectivity index (χ3v) is 8.31. The first-order valence-electron chi connectivity index (χ1n) is 13.1. The number of fused-ring (bicyclic) bond motifs is 1. The minimum absolute atomic E-state index is 0.0126. The van der Waals surface area contributed by atoms with Gasteiger partial charge in [-0.3, -0.25) is 29.2 Å². The van der Waals surface area contributed by atoms with Gasteiger partial charge < -0.3 is 24.8 Å². The van der Waals surface area contributed by atoms with Crippen molar-refractivity contribution in [3.63, 3.8) is 0 Å². The van der Waals surface area contributed by atoms with Crippen LogP contribution in [0.25, 0.3) is 0 Å². The minimum Gasteiger partial charge on any atom is -0.456 e. The number of non-ortho nitro benzene ring substituents is 2. The van der Waals surface area contributed by atoms with Crippen molar-refractivity contribution in [2.45, 2.75) is 38.7 Å². The third-order valence-electron chi connectivity index (χ3n) is 6.98. The summed E-state index contributed by atoms with van der Waals surface area (Å²) in [6, 6.07) is 10.4. The van der Waals surface area contributed by atoms with Crippen molar-refractivity contribution in [1.82, 2.24) is 10.2 Å². The maximum Gasteiger partial charge on any atom is 0.407 e. The van der Waals surface area contributed by atoms with E-state index < -0.39 is 56.7 Å². The first kappa shape index (κ1) is 31.2. The molecule has 43 heavy (non-hydrogen) atoms. The largest absolute Gasteiger partial charge is 0.456 e. The van der Waals surface area contributed by atoms with Crippen molar-refractivity contribution >= 4 is 40.1 Å². The molecule has 2 aliphatic rings. The smallest absolute Gasteiger partial charge is 0.407 e. The van der Waals surface area contributed by atoms with E-state index >= 15 is 0 Å². The number of rotatable bonds is 13. The Hall–Kier alpha value is -4.70. The lowest BCUT2D eigenvalue weighted by molar-refractivity contribution is -0.385. The van der Waals surface area contributed by atoms with Crippen molar-refractivity contribution in [2.24, 2.45) is 5.92 Å². The molecule has 2 aromatic carbocycles. The van der Waals surface area contributed by atoms with Gasteiger partial charge in [0.2, 0.25) is 5.91 Å². The summed E-state index contributed by atoms with van der Waals surface area (Å²) in [5, 5.41) is 34.1. The fraction of sp³-hybridized carbons (Fsp3) is 0.370. The standard InChI is InChI=1S/C27H28N4O11S/c1-16(32)23-22-12-19(15-43(40)11-10-28-27(35)42-14-18-4-8-21(9-5-18)31(38)39)24(29(22)25(23)33)26(34)41-13-17-2-6-20(7-3-17)30(36)37/h2-9,16,22-23,32H,10-15H2,1H3,(H,28,35)/t16-,22-,23-,43?/m1/s1. The fourth-order valence-corrected chi connectivity index (χ4v) is 5.97. The molecular weight excluding hydrogens is 588 g/mol. The molecule has 1 saturated heterocycles. The summed E-state index contributed by atoms with van der Waals surface area (Å²) in [6.07, 6.45) is -1.50. The quantitative estimate of drug-likeness (QED) is 0.144. The molecule has 4 atom stereocenters. The van der Waals surface area contributed by atoms with Crippen LogP contribution in [-0.4, -0.2) is 72.2 Å². The van der Waals surface area contributed by atoms with E-state index in [9.17, 15) is 43.9 Å². The van der Waals surface area contributed by atoms with Gasteiger partial charge in [0, 0.05) is 53.1 Å². The van der Waals surface area contributed by atoms with Crippen LogP contribution in [-0.2, 0) is 43.1 Å². The van der Waals surface area contributed by atoms with Crippen LogP contribution in [0, 0.1) is 26.1 Å². The Labute approximate surface area is 247 Å². The molecule has 16 heteroatoms. The summed E-state index contributed by atoms with van der Waals surface area (Å²) in [4.78, 5) is 59.6. The van der Waals surface area contributed by atoms with Crippen LogP contribution in [0.5, 0.6) is 0 Å². The zero-order valence-electron chi connectivity index (χ0n) is 22.9. The highest BCUT2D eigenvalue weighted by molar-refractivity contribution is 7.85. The number of β-lactam (4-membered cyclic amide) rings is 1. The van der Waals surface area contributed by atoms with Crippen LogP contribution >= 0.6 is 0 Å². The summed E-state index contributed by atoms with van der Waals surface area (Å²) in [6.45, 7) is 1.13. The zero-order valence-corrected chi connectivity index (χ0v) is 23.7. The van der Waals surface area contributed by atoms with Crippen LogP contribution in [0.2, 0.25) is 0 Å². The molecule has 0 saturated carbocycles. The van der Waals surface area contributed by atoms with Gasteiger partial charge in [0.1, 0.15) is 18.9 Å². The van der Waals surface area contributed by atoms with Crippen molar-refractivity contribution in [2.75, 3.05) is 18.1 Å².